The number of hydrogen-bond donors (Lipinski definition) is 5. The molecule has 0 heterocycles. The number of hydrogen-bond acceptors (Lipinski definition) is 13. The van der Waals surface area contributed by atoms with Crippen LogP contribution in [0.25, 0.3) is 10.8 Å². The summed E-state index contributed by atoms with van der Waals surface area (Å²) in [5.41, 5.74) is -1.00. The fraction of sp³-hybridized carbons (Fsp3) is 0.0800. The molecule has 17 nitrogen and oxygen atoms in total. The highest BCUT2D eigenvalue weighted by atomic mass is 32.3. The minimum Gasteiger partial charge on any atom is -0.506 e. The molecule has 21 heteroatoms. The smallest absolute Gasteiger partial charge is 0.397 e. The first-order valence-corrected chi connectivity index (χ1v) is 18.2. The summed E-state index contributed by atoms with van der Waals surface area (Å²) in [5.74, 6) is -3.90. The SMILES string of the molecule is O=C(Nc1c(N=Nc2ccccc2)cc(S(=O)(=O)O)c2cc(S(=O)(=O)O)c(S(=O)(=O)CCOS(=O)(=O)O)c(O)c12)c1ccccc1. The Balaban J connectivity index is 2.15. The van der Waals surface area contributed by atoms with Gasteiger partial charge in [-0.15, -0.1) is 5.11 Å². The number of aromatic hydroxyl groups is 1. The third-order valence-corrected chi connectivity index (χ3v) is 10.1. The van der Waals surface area contributed by atoms with E-state index < -0.39 is 101 Å². The van der Waals surface area contributed by atoms with Crippen LogP contribution in [0, 0.1) is 0 Å². The zero-order valence-corrected chi connectivity index (χ0v) is 26.0. The van der Waals surface area contributed by atoms with Gasteiger partial charge in [0.05, 0.1) is 29.1 Å². The van der Waals surface area contributed by atoms with Gasteiger partial charge in [0.15, 0.2) is 9.84 Å². The normalized spacial score (nSPS) is 12.8. The summed E-state index contributed by atoms with van der Waals surface area (Å²) in [6.45, 7) is -1.30. The van der Waals surface area contributed by atoms with Gasteiger partial charge in [-0.3, -0.25) is 18.5 Å². The summed E-state index contributed by atoms with van der Waals surface area (Å²) in [4.78, 5) is 8.92. The monoisotopic (exact) mass is 715 g/mol. The number of rotatable bonds is 11. The number of amides is 1. The number of phenols is 1. The van der Waals surface area contributed by atoms with E-state index in [-0.39, 0.29) is 11.3 Å². The van der Waals surface area contributed by atoms with Crippen LogP contribution in [-0.4, -0.2) is 70.7 Å². The molecule has 0 saturated heterocycles. The first-order valence-electron chi connectivity index (χ1n) is 12.3. The molecule has 46 heavy (non-hydrogen) atoms. The largest absolute Gasteiger partial charge is 0.506 e. The van der Waals surface area contributed by atoms with E-state index in [1.165, 1.54) is 36.4 Å². The Morgan fingerprint density at radius 2 is 1.33 bits per heavy atom. The van der Waals surface area contributed by atoms with E-state index >= 15 is 0 Å². The van der Waals surface area contributed by atoms with E-state index in [1.54, 1.807) is 24.3 Å². The van der Waals surface area contributed by atoms with Gasteiger partial charge < -0.3 is 10.4 Å². The molecule has 4 aromatic rings. The molecule has 0 aliphatic rings. The Kier molecular flexibility index (Phi) is 9.61. The standard InChI is InChI=1S/C25H21N3O14S4/c29-23-21-17(13-20(45(36,37)38)24(23)43(31,32)12-11-42-46(39,40)41)19(44(33,34)35)14-18(28-27-16-9-5-2-6-10-16)22(21)26-25(30)15-7-3-1-4-8-15/h1-10,13-14,29H,11-12H2,(H,26,30)(H,33,34,35)(H,36,37,38)(H,39,40,41). The highest BCUT2D eigenvalue weighted by Crippen LogP contribution is 2.47. The number of benzene rings is 4. The van der Waals surface area contributed by atoms with Crippen LogP contribution < -0.4 is 5.32 Å². The third-order valence-electron chi connectivity index (χ3n) is 6.01. The predicted octanol–water partition coefficient (Wildman–Crippen LogP) is 3.30. The molecule has 0 radical (unpaired) electrons. The maximum Gasteiger partial charge on any atom is 0.397 e. The summed E-state index contributed by atoms with van der Waals surface area (Å²) in [5, 5.41) is 19.8. The molecule has 244 valence electrons. The van der Waals surface area contributed by atoms with Crippen molar-refractivity contribution in [2.45, 2.75) is 14.7 Å². The Labute approximate surface area is 261 Å². The number of nitrogens with one attached hydrogen (secondary N) is 1. The van der Waals surface area contributed by atoms with Gasteiger partial charge in [-0.2, -0.15) is 30.4 Å². The molecule has 4 aromatic carbocycles. The van der Waals surface area contributed by atoms with Crippen LogP contribution >= 0.6 is 0 Å². The maximum absolute atomic E-state index is 13.3. The lowest BCUT2D eigenvalue weighted by molar-refractivity contribution is 0.102. The van der Waals surface area contributed by atoms with E-state index in [2.05, 4.69) is 19.7 Å². The summed E-state index contributed by atoms with van der Waals surface area (Å²) in [6.07, 6.45) is 0. The molecule has 1 amide bonds. The van der Waals surface area contributed by atoms with Crippen molar-refractivity contribution in [3.05, 3.63) is 78.4 Å². The van der Waals surface area contributed by atoms with Crippen molar-refractivity contribution in [3.63, 3.8) is 0 Å². The molecule has 0 aromatic heterocycles. The minimum atomic E-state index is -5.63. The Morgan fingerprint density at radius 3 is 1.87 bits per heavy atom. The number of fused-ring (bicyclic) bond motifs is 1. The molecule has 0 aliphatic carbocycles. The third kappa shape index (κ3) is 7.89. The van der Waals surface area contributed by atoms with E-state index in [0.29, 0.717) is 12.1 Å². The van der Waals surface area contributed by atoms with E-state index in [0.717, 1.165) is 0 Å². The molecule has 0 bridgehead atoms. The number of anilines is 1. The van der Waals surface area contributed by atoms with Crippen LogP contribution in [0.1, 0.15) is 10.4 Å². The van der Waals surface area contributed by atoms with Crippen LogP contribution in [-0.2, 0) is 44.7 Å². The summed E-state index contributed by atoms with van der Waals surface area (Å²) in [6, 6.07) is 15.9. The topological polar surface area (TPSA) is 281 Å². The number of nitrogens with zero attached hydrogens (tertiary/aromatic N) is 2. The highest BCUT2D eigenvalue weighted by Gasteiger charge is 2.35. The van der Waals surface area contributed by atoms with Gasteiger partial charge in [-0.1, -0.05) is 36.4 Å². The second-order valence-electron chi connectivity index (χ2n) is 9.12. The summed E-state index contributed by atoms with van der Waals surface area (Å²) < 4.78 is 131. The number of carbonyl (C=O) groups is 1. The maximum atomic E-state index is 13.3. The van der Waals surface area contributed by atoms with Crippen molar-refractivity contribution in [1.82, 2.24) is 0 Å². The van der Waals surface area contributed by atoms with Gasteiger partial charge in [-0.05, 0) is 36.4 Å². The van der Waals surface area contributed by atoms with Crippen molar-refractivity contribution in [1.29, 1.82) is 0 Å². The Bertz CT molecular complexity index is 2310. The molecule has 0 unspecified atom stereocenters. The van der Waals surface area contributed by atoms with Crippen molar-refractivity contribution < 1.29 is 61.4 Å². The highest BCUT2D eigenvalue weighted by molar-refractivity contribution is 7.93. The van der Waals surface area contributed by atoms with Gasteiger partial charge in [0.2, 0.25) is 0 Å². The number of carbonyl (C=O) groups excluding carboxylic acids is 1. The van der Waals surface area contributed by atoms with E-state index in [9.17, 15) is 52.7 Å². The summed E-state index contributed by atoms with van der Waals surface area (Å²) in [7, 11) is -21.4. The molecular formula is C25H21N3O14S4. The van der Waals surface area contributed by atoms with Crippen molar-refractivity contribution in [2.75, 3.05) is 17.7 Å². The van der Waals surface area contributed by atoms with E-state index in [4.69, 9.17) is 4.55 Å². The van der Waals surface area contributed by atoms with Crippen LogP contribution in [0.5, 0.6) is 5.75 Å². The lowest BCUT2D eigenvalue weighted by Crippen LogP contribution is -2.19. The van der Waals surface area contributed by atoms with Gasteiger partial charge in [0.25, 0.3) is 26.1 Å². The number of phenolic OH excluding ortho intramolecular Hbond substituents is 1. The quantitative estimate of drug-likeness (QED) is 0.110. The molecule has 0 atom stereocenters. The summed E-state index contributed by atoms with van der Waals surface area (Å²) >= 11 is 0. The number of sulfone groups is 1. The molecule has 0 saturated carbocycles. The molecule has 0 aliphatic heterocycles. The zero-order chi connectivity index (χ0) is 34.1. The molecule has 5 N–H and O–H groups in total. The van der Waals surface area contributed by atoms with Crippen LogP contribution in [0.15, 0.2) is 97.7 Å². The molecular weight excluding hydrogens is 695 g/mol. The fourth-order valence-electron chi connectivity index (χ4n) is 4.12. The molecule has 0 spiro atoms. The minimum absolute atomic E-state index is 0.00436. The van der Waals surface area contributed by atoms with Crippen molar-refractivity contribution in [3.8, 4) is 5.75 Å². The van der Waals surface area contributed by atoms with Crippen LogP contribution in [0.4, 0.5) is 17.1 Å². The van der Waals surface area contributed by atoms with E-state index in [1.807, 2.05) is 0 Å². The molecule has 0 fully saturated rings. The first kappa shape index (κ1) is 34.5. The van der Waals surface area contributed by atoms with Crippen molar-refractivity contribution in [2.24, 2.45) is 10.2 Å². The van der Waals surface area contributed by atoms with Gasteiger partial charge in [0, 0.05) is 10.9 Å². The molecule has 4 rings (SSSR count). The average Bonchev–Trinajstić information content (AvgIpc) is 2.95. The van der Waals surface area contributed by atoms with Gasteiger partial charge in [0.1, 0.15) is 26.1 Å². The van der Waals surface area contributed by atoms with Gasteiger partial charge in [-0.25, -0.2) is 12.6 Å². The second kappa shape index (κ2) is 12.8. The lowest BCUT2D eigenvalue weighted by Gasteiger charge is -2.19. The van der Waals surface area contributed by atoms with Crippen LogP contribution in [0.3, 0.4) is 0 Å². The Morgan fingerprint density at radius 1 is 0.761 bits per heavy atom. The lowest BCUT2D eigenvalue weighted by atomic mass is 10.0. The number of azo groups is 1. The first-order chi connectivity index (χ1) is 21.3. The van der Waals surface area contributed by atoms with Crippen molar-refractivity contribution >= 4 is 74.2 Å². The Hall–Kier alpha value is -4.35. The van der Waals surface area contributed by atoms with Crippen LogP contribution in [0.2, 0.25) is 0 Å². The van der Waals surface area contributed by atoms with Gasteiger partial charge >= 0.3 is 10.4 Å². The predicted molar refractivity (Wildman–Crippen MR) is 160 cm³/mol. The zero-order valence-electron chi connectivity index (χ0n) is 22.7. The second-order valence-corrected chi connectivity index (χ2v) is 15.0. The fourth-order valence-corrected chi connectivity index (χ4v) is 7.78. The average molecular weight is 716 g/mol.